The average molecular weight is 339 g/mol. The third-order valence-corrected chi connectivity index (χ3v) is 5.73. The first kappa shape index (κ1) is 17.7. The van der Waals surface area contributed by atoms with E-state index in [1.807, 2.05) is 13.8 Å². The van der Waals surface area contributed by atoms with Crippen molar-refractivity contribution in [2.24, 2.45) is 0 Å². The molecule has 0 heterocycles. The molecule has 1 aromatic rings. The molecular formula is C13H20Cl2N2O2S. The van der Waals surface area contributed by atoms with Crippen molar-refractivity contribution < 1.29 is 8.42 Å². The molecule has 0 amide bonds. The summed E-state index contributed by atoms with van der Waals surface area (Å²) >= 11 is 12.3. The number of nitrogens with zero attached hydrogens (tertiary/aromatic N) is 1. The highest BCUT2D eigenvalue weighted by Crippen LogP contribution is 2.32. The van der Waals surface area contributed by atoms with Gasteiger partial charge in [-0.25, -0.2) is 12.7 Å². The van der Waals surface area contributed by atoms with Gasteiger partial charge in [-0.3, -0.25) is 0 Å². The van der Waals surface area contributed by atoms with Crippen molar-refractivity contribution >= 4 is 33.2 Å². The van der Waals surface area contributed by atoms with Crippen molar-refractivity contribution in [2.45, 2.75) is 31.7 Å². The fourth-order valence-electron chi connectivity index (χ4n) is 1.79. The highest BCUT2D eigenvalue weighted by molar-refractivity contribution is 7.89. The molecule has 0 fully saturated rings. The van der Waals surface area contributed by atoms with Crippen LogP contribution in [-0.2, 0) is 16.6 Å². The minimum atomic E-state index is -3.58. The second kappa shape index (κ2) is 7.61. The molecule has 7 heteroatoms. The van der Waals surface area contributed by atoms with Crippen molar-refractivity contribution in [1.82, 2.24) is 9.62 Å². The molecule has 1 N–H and O–H groups in total. The van der Waals surface area contributed by atoms with E-state index in [0.29, 0.717) is 23.7 Å². The van der Waals surface area contributed by atoms with Gasteiger partial charge in [-0.1, -0.05) is 37.0 Å². The van der Waals surface area contributed by atoms with Crippen LogP contribution in [0.1, 0.15) is 25.8 Å². The molecule has 0 saturated heterocycles. The molecular weight excluding hydrogens is 319 g/mol. The number of benzene rings is 1. The summed E-state index contributed by atoms with van der Waals surface area (Å²) in [5.74, 6) is 0. The fraction of sp³-hybridized carbons (Fsp3) is 0.538. The summed E-state index contributed by atoms with van der Waals surface area (Å²) in [6, 6.07) is 3.04. The van der Waals surface area contributed by atoms with E-state index in [9.17, 15) is 8.42 Å². The monoisotopic (exact) mass is 338 g/mol. The second-order valence-corrected chi connectivity index (χ2v) is 7.24. The lowest BCUT2D eigenvalue weighted by atomic mass is 10.2. The van der Waals surface area contributed by atoms with Gasteiger partial charge < -0.3 is 5.32 Å². The van der Waals surface area contributed by atoms with Gasteiger partial charge in [-0.05, 0) is 25.1 Å². The standard InChI is InChI=1S/C13H20Cl2N2O2S/c1-4-8-17(3)20(18,19)12-7-6-11(14)10(13(12)15)9-16-5-2/h6-7,16H,4-5,8-9H2,1-3H3. The summed E-state index contributed by atoms with van der Waals surface area (Å²) in [6.07, 6.45) is 0.741. The third-order valence-electron chi connectivity index (χ3n) is 2.93. The quantitative estimate of drug-likeness (QED) is 0.830. The first-order valence-corrected chi connectivity index (χ1v) is 8.69. The molecule has 0 saturated carbocycles. The Labute approximate surface area is 131 Å². The van der Waals surface area contributed by atoms with Gasteiger partial charge in [-0.2, -0.15) is 0 Å². The zero-order valence-electron chi connectivity index (χ0n) is 11.9. The maximum absolute atomic E-state index is 12.5. The summed E-state index contributed by atoms with van der Waals surface area (Å²) in [6.45, 7) is 5.52. The Kier molecular flexibility index (Phi) is 6.75. The van der Waals surface area contributed by atoms with Crippen molar-refractivity contribution in [3.8, 4) is 0 Å². The lowest BCUT2D eigenvalue weighted by molar-refractivity contribution is 0.468. The van der Waals surface area contributed by atoms with Crippen LogP contribution in [0.15, 0.2) is 17.0 Å². The van der Waals surface area contributed by atoms with Gasteiger partial charge in [0.2, 0.25) is 10.0 Å². The Balaban J connectivity index is 3.26. The van der Waals surface area contributed by atoms with E-state index in [4.69, 9.17) is 23.2 Å². The highest BCUT2D eigenvalue weighted by atomic mass is 35.5. The topological polar surface area (TPSA) is 49.4 Å². The van der Waals surface area contributed by atoms with Gasteiger partial charge >= 0.3 is 0 Å². The molecule has 1 rings (SSSR count). The maximum atomic E-state index is 12.5. The molecule has 114 valence electrons. The van der Waals surface area contributed by atoms with Crippen LogP contribution in [-0.4, -0.2) is 32.9 Å². The molecule has 0 aliphatic rings. The van der Waals surface area contributed by atoms with Gasteiger partial charge in [0.25, 0.3) is 0 Å². The van der Waals surface area contributed by atoms with E-state index < -0.39 is 10.0 Å². The summed E-state index contributed by atoms with van der Waals surface area (Å²) < 4.78 is 26.2. The molecule has 20 heavy (non-hydrogen) atoms. The van der Waals surface area contributed by atoms with Crippen molar-refractivity contribution in [2.75, 3.05) is 20.1 Å². The van der Waals surface area contributed by atoms with Gasteiger partial charge in [0, 0.05) is 30.7 Å². The lowest BCUT2D eigenvalue weighted by Gasteiger charge is -2.19. The van der Waals surface area contributed by atoms with Gasteiger partial charge in [0.1, 0.15) is 4.90 Å². The lowest BCUT2D eigenvalue weighted by Crippen LogP contribution is -2.28. The molecule has 4 nitrogen and oxygen atoms in total. The Bertz CT molecular complexity index is 562. The number of hydrogen-bond acceptors (Lipinski definition) is 3. The van der Waals surface area contributed by atoms with Crippen LogP contribution in [0.5, 0.6) is 0 Å². The van der Waals surface area contributed by atoms with Gasteiger partial charge in [0.15, 0.2) is 0 Å². The minimum absolute atomic E-state index is 0.104. The van der Waals surface area contributed by atoms with E-state index >= 15 is 0 Å². The Morgan fingerprint density at radius 1 is 1.25 bits per heavy atom. The first-order chi connectivity index (χ1) is 9.36. The van der Waals surface area contributed by atoms with E-state index in [2.05, 4.69) is 5.32 Å². The molecule has 0 atom stereocenters. The molecule has 0 bridgehead atoms. The molecule has 0 radical (unpaired) electrons. The Hall–Kier alpha value is -0.330. The largest absolute Gasteiger partial charge is 0.313 e. The number of hydrogen-bond donors (Lipinski definition) is 1. The fourth-order valence-corrected chi connectivity index (χ4v) is 3.94. The van der Waals surface area contributed by atoms with Gasteiger partial charge in [0.05, 0.1) is 5.02 Å². The highest BCUT2D eigenvalue weighted by Gasteiger charge is 2.25. The number of nitrogens with one attached hydrogen (secondary N) is 1. The summed E-state index contributed by atoms with van der Waals surface area (Å²) in [4.78, 5) is 0.104. The Morgan fingerprint density at radius 3 is 2.45 bits per heavy atom. The molecule has 0 spiro atoms. The zero-order chi connectivity index (χ0) is 15.3. The van der Waals surface area contributed by atoms with E-state index in [-0.39, 0.29) is 9.92 Å². The van der Waals surface area contributed by atoms with Crippen molar-refractivity contribution in [1.29, 1.82) is 0 Å². The number of rotatable bonds is 7. The van der Waals surface area contributed by atoms with Crippen LogP contribution >= 0.6 is 23.2 Å². The molecule has 1 aromatic carbocycles. The van der Waals surface area contributed by atoms with Crippen LogP contribution in [0.2, 0.25) is 10.0 Å². The molecule has 0 aliphatic carbocycles. The van der Waals surface area contributed by atoms with E-state index in [1.54, 1.807) is 13.1 Å². The number of sulfonamides is 1. The second-order valence-electron chi connectivity index (χ2n) is 4.44. The first-order valence-electron chi connectivity index (χ1n) is 6.50. The predicted octanol–water partition coefficient (Wildman–Crippen LogP) is 3.13. The molecule has 0 aromatic heterocycles. The predicted molar refractivity (Wildman–Crippen MR) is 83.9 cm³/mol. The maximum Gasteiger partial charge on any atom is 0.244 e. The van der Waals surface area contributed by atoms with Crippen LogP contribution in [0.4, 0.5) is 0 Å². The van der Waals surface area contributed by atoms with Crippen molar-refractivity contribution in [3.63, 3.8) is 0 Å². The minimum Gasteiger partial charge on any atom is -0.313 e. The molecule has 0 unspecified atom stereocenters. The summed E-state index contributed by atoms with van der Waals surface area (Å²) in [5, 5.41) is 3.76. The normalized spacial score (nSPS) is 12.1. The summed E-state index contributed by atoms with van der Waals surface area (Å²) in [7, 11) is -2.03. The molecule has 0 aliphatic heterocycles. The van der Waals surface area contributed by atoms with Crippen molar-refractivity contribution in [3.05, 3.63) is 27.7 Å². The number of halogens is 2. The van der Waals surface area contributed by atoms with E-state index in [1.165, 1.54) is 10.4 Å². The summed E-state index contributed by atoms with van der Waals surface area (Å²) in [5.41, 5.74) is 0.612. The van der Waals surface area contributed by atoms with Crippen LogP contribution in [0, 0.1) is 0 Å². The van der Waals surface area contributed by atoms with Crippen LogP contribution in [0.3, 0.4) is 0 Å². The third kappa shape index (κ3) is 3.86. The Morgan fingerprint density at radius 2 is 1.90 bits per heavy atom. The van der Waals surface area contributed by atoms with Crippen LogP contribution < -0.4 is 5.32 Å². The smallest absolute Gasteiger partial charge is 0.244 e. The zero-order valence-corrected chi connectivity index (χ0v) is 14.2. The average Bonchev–Trinajstić information content (AvgIpc) is 2.38. The van der Waals surface area contributed by atoms with E-state index in [0.717, 1.165) is 13.0 Å². The SMILES string of the molecule is CCCN(C)S(=O)(=O)c1ccc(Cl)c(CNCC)c1Cl. The van der Waals surface area contributed by atoms with Gasteiger partial charge in [-0.15, -0.1) is 0 Å². The van der Waals surface area contributed by atoms with Crippen LogP contribution in [0.25, 0.3) is 0 Å².